The molecule has 1 aliphatic rings. The van der Waals surface area contributed by atoms with Gasteiger partial charge in [0, 0.05) is 12.6 Å². The van der Waals surface area contributed by atoms with Gasteiger partial charge in [0.2, 0.25) is 0 Å². The van der Waals surface area contributed by atoms with E-state index in [4.69, 9.17) is 5.73 Å². The highest BCUT2D eigenvalue weighted by Crippen LogP contribution is 2.31. The van der Waals surface area contributed by atoms with E-state index in [-0.39, 0.29) is 0 Å². The minimum atomic E-state index is 0.437. The molecule has 0 heterocycles. The molecule has 1 unspecified atom stereocenters. The molecule has 2 nitrogen and oxygen atoms in total. The molecule has 0 spiro atoms. The van der Waals surface area contributed by atoms with Crippen molar-refractivity contribution < 1.29 is 0 Å². The van der Waals surface area contributed by atoms with Crippen LogP contribution in [0.15, 0.2) is 0 Å². The zero-order chi connectivity index (χ0) is 8.97. The van der Waals surface area contributed by atoms with Crippen molar-refractivity contribution >= 4 is 0 Å². The Labute approximate surface area is 76.1 Å². The largest absolute Gasteiger partial charge is 0.326 e. The van der Waals surface area contributed by atoms with E-state index in [1.165, 1.54) is 32.2 Å². The van der Waals surface area contributed by atoms with Crippen LogP contribution in [0.2, 0.25) is 0 Å². The molecular weight excluding hydrogens is 148 g/mol. The Morgan fingerprint density at radius 2 is 2.17 bits per heavy atom. The van der Waals surface area contributed by atoms with Crippen molar-refractivity contribution in [3.8, 4) is 0 Å². The van der Waals surface area contributed by atoms with Gasteiger partial charge in [-0.2, -0.15) is 0 Å². The average Bonchev–Trinajstić information content (AvgIpc) is 2.82. The maximum absolute atomic E-state index is 6.01. The smallest absolute Gasteiger partial charge is 0.0196 e. The molecule has 0 amide bonds. The standard InChI is InChI=1S/C10H22N2/c1-3-4-7-12(2)8-10(11)9-5-6-9/h9-10H,3-8,11H2,1-2H3. The third-order valence-electron chi connectivity index (χ3n) is 2.64. The van der Waals surface area contributed by atoms with Gasteiger partial charge in [-0.3, -0.25) is 0 Å². The van der Waals surface area contributed by atoms with E-state index in [2.05, 4.69) is 18.9 Å². The summed E-state index contributed by atoms with van der Waals surface area (Å²) in [5.74, 6) is 0.842. The molecule has 0 aliphatic heterocycles. The van der Waals surface area contributed by atoms with E-state index in [9.17, 15) is 0 Å². The second-order valence-electron chi connectivity index (χ2n) is 4.12. The van der Waals surface area contributed by atoms with Crippen molar-refractivity contribution in [1.82, 2.24) is 4.90 Å². The first-order valence-corrected chi connectivity index (χ1v) is 5.18. The van der Waals surface area contributed by atoms with Crippen molar-refractivity contribution in [2.24, 2.45) is 11.7 Å². The van der Waals surface area contributed by atoms with Crippen molar-refractivity contribution in [1.29, 1.82) is 0 Å². The fourth-order valence-corrected chi connectivity index (χ4v) is 1.55. The quantitative estimate of drug-likeness (QED) is 0.654. The second-order valence-corrected chi connectivity index (χ2v) is 4.12. The summed E-state index contributed by atoms with van der Waals surface area (Å²) in [7, 11) is 2.18. The third kappa shape index (κ3) is 3.55. The Morgan fingerprint density at radius 3 is 2.67 bits per heavy atom. The van der Waals surface area contributed by atoms with Gasteiger partial charge < -0.3 is 10.6 Å². The van der Waals surface area contributed by atoms with Crippen LogP contribution in [-0.2, 0) is 0 Å². The molecule has 1 atom stereocenters. The molecule has 2 N–H and O–H groups in total. The van der Waals surface area contributed by atoms with Gasteiger partial charge in [-0.25, -0.2) is 0 Å². The van der Waals surface area contributed by atoms with Crippen LogP contribution >= 0.6 is 0 Å². The Kier molecular flexibility index (Phi) is 4.02. The van der Waals surface area contributed by atoms with E-state index in [0.29, 0.717) is 6.04 Å². The summed E-state index contributed by atoms with van der Waals surface area (Å²) in [5, 5.41) is 0. The summed E-state index contributed by atoms with van der Waals surface area (Å²) in [4.78, 5) is 2.37. The van der Waals surface area contributed by atoms with Gasteiger partial charge in [0.15, 0.2) is 0 Å². The summed E-state index contributed by atoms with van der Waals surface area (Å²) in [5.41, 5.74) is 6.01. The number of likely N-dealkylation sites (N-methyl/N-ethyl adjacent to an activating group) is 1. The van der Waals surface area contributed by atoms with Gasteiger partial charge in [0.05, 0.1) is 0 Å². The van der Waals surface area contributed by atoms with Crippen LogP contribution < -0.4 is 5.73 Å². The molecule has 1 rings (SSSR count). The van der Waals surface area contributed by atoms with Gasteiger partial charge in [0.1, 0.15) is 0 Å². The molecule has 0 aromatic rings. The maximum atomic E-state index is 6.01. The van der Waals surface area contributed by atoms with Gasteiger partial charge in [0.25, 0.3) is 0 Å². The predicted molar refractivity (Wildman–Crippen MR) is 53.1 cm³/mol. The zero-order valence-corrected chi connectivity index (χ0v) is 8.42. The van der Waals surface area contributed by atoms with Crippen molar-refractivity contribution in [3.05, 3.63) is 0 Å². The minimum Gasteiger partial charge on any atom is -0.326 e. The SMILES string of the molecule is CCCCN(C)CC(N)C1CC1. The first-order valence-electron chi connectivity index (χ1n) is 5.18. The lowest BCUT2D eigenvalue weighted by Gasteiger charge is -2.20. The zero-order valence-electron chi connectivity index (χ0n) is 8.42. The normalized spacial score (nSPS) is 20.0. The van der Waals surface area contributed by atoms with E-state index >= 15 is 0 Å². The fourth-order valence-electron chi connectivity index (χ4n) is 1.55. The Hall–Kier alpha value is -0.0800. The molecule has 1 saturated carbocycles. The predicted octanol–water partition coefficient (Wildman–Crippen LogP) is 1.46. The molecule has 0 aromatic heterocycles. The topological polar surface area (TPSA) is 29.3 Å². The number of nitrogens with zero attached hydrogens (tertiary/aromatic N) is 1. The number of unbranched alkanes of at least 4 members (excludes halogenated alkanes) is 1. The minimum absolute atomic E-state index is 0.437. The lowest BCUT2D eigenvalue weighted by molar-refractivity contribution is 0.295. The monoisotopic (exact) mass is 170 g/mol. The molecule has 0 bridgehead atoms. The van der Waals surface area contributed by atoms with Crippen LogP contribution in [0.4, 0.5) is 0 Å². The summed E-state index contributed by atoms with van der Waals surface area (Å²) in [6, 6.07) is 0.437. The summed E-state index contributed by atoms with van der Waals surface area (Å²) >= 11 is 0. The van der Waals surface area contributed by atoms with Crippen molar-refractivity contribution in [2.45, 2.75) is 38.6 Å². The van der Waals surface area contributed by atoms with E-state index < -0.39 is 0 Å². The molecule has 72 valence electrons. The van der Waals surface area contributed by atoms with Crippen LogP contribution in [0.5, 0.6) is 0 Å². The van der Waals surface area contributed by atoms with Crippen LogP contribution in [0.3, 0.4) is 0 Å². The highest BCUT2D eigenvalue weighted by molar-refractivity contribution is 4.85. The fraction of sp³-hybridized carbons (Fsp3) is 1.00. The van der Waals surface area contributed by atoms with E-state index in [1.54, 1.807) is 0 Å². The summed E-state index contributed by atoms with van der Waals surface area (Å²) in [6.45, 7) is 4.52. The number of nitrogens with two attached hydrogens (primary N) is 1. The first kappa shape index (κ1) is 10.0. The van der Waals surface area contributed by atoms with Gasteiger partial charge in [-0.15, -0.1) is 0 Å². The average molecular weight is 170 g/mol. The Morgan fingerprint density at radius 1 is 1.50 bits per heavy atom. The van der Waals surface area contributed by atoms with E-state index in [1.807, 2.05) is 0 Å². The van der Waals surface area contributed by atoms with Gasteiger partial charge >= 0.3 is 0 Å². The lowest BCUT2D eigenvalue weighted by atomic mass is 10.2. The van der Waals surface area contributed by atoms with Crippen LogP contribution in [0, 0.1) is 5.92 Å². The molecule has 0 radical (unpaired) electrons. The molecular formula is C10H22N2. The van der Waals surface area contributed by atoms with Crippen molar-refractivity contribution in [3.63, 3.8) is 0 Å². The number of rotatable bonds is 6. The molecule has 2 heteroatoms. The van der Waals surface area contributed by atoms with Crippen molar-refractivity contribution in [2.75, 3.05) is 20.1 Å². The highest BCUT2D eigenvalue weighted by Gasteiger charge is 2.28. The molecule has 12 heavy (non-hydrogen) atoms. The van der Waals surface area contributed by atoms with E-state index in [0.717, 1.165) is 12.5 Å². The van der Waals surface area contributed by atoms with Crippen LogP contribution in [0.25, 0.3) is 0 Å². The molecule has 1 aliphatic carbocycles. The Balaban J connectivity index is 2.03. The second kappa shape index (κ2) is 4.83. The number of hydrogen-bond acceptors (Lipinski definition) is 2. The highest BCUT2D eigenvalue weighted by atomic mass is 15.1. The maximum Gasteiger partial charge on any atom is 0.0196 e. The Bertz CT molecular complexity index is 121. The molecule has 0 aromatic carbocycles. The summed E-state index contributed by atoms with van der Waals surface area (Å²) in [6.07, 6.45) is 5.31. The molecule has 0 saturated heterocycles. The number of hydrogen-bond donors (Lipinski definition) is 1. The van der Waals surface area contributed by atoms with Gasteiger partial charge in [-0.1, -0.05) is 13.3 Å². The van der Waals surface area contributed by atoms with Gasteiger partial charge in [-0.05, 0) is 38.8 Å². The van der Waals surface area contributed by atoms with Crippen LogP contribution in [-0.4, -0.2) is 31.1 Å². The first-order chi connectivity index (χ1) is 5.74. The lowest BCUT2D eigenvalue weighted by Crippen LogP contribution is -2.37. The summed E-state index contributed by atoms with van der Waals surface area (Å²) < 4.78 is 0. The van der Waals surface area contributed by atoms with Crippen LogP contribution in [0.1, 0.15) is 32.6 Å². The third-order valence-corrected chi connectivity index (χ3v) is 2.64. The molecule has 1 fully saturated rings.